The second-order valence-electron chi connectivity index (χ2n) is 5.38. The van der Waals surface area contributed by atoms with Gasteiger partial charge >= 0.3 is 0 Å². The molecule has 1 N–H and O–H groups in total. The monoisotopic (exact) mass is 248 g/mol. The zero-order valence-electron chi connectivity index (χ0n) is 11.6. The fraction of sp³-hybridized carbons (Fsp3) is 0.600. The molecule has 0 radical (unpaired) electrons. The Morgan fingerprint density at radius 3 is 2.50 bits per heavy atom. The van der Waals surface area contributed by atoms with E-state index < -0.39 is 6.10 Å². The van der Waals surface area contributed by atoms with E-state index in [4.69, 9.17) is 0 Å². The van der Waals surface area contributed by atoms with Crippen molar-refractivity contribution >= 4 is 5.69 Å². The van der Waals surface area contributed by atoms with Gasteiger partial charge in [-0.1, -0.05) is 18.2 Å². The molecule has 1 saturated heterocycles. The second-order valence-corrected chi connectivity index (χ2v) is 5.38. The summed E-state index contributed by atoms with van der Waals surface area (Å²) in [5.74, 6) is 0. The van der Waals surface area contributed by atoms with Crippen LogP contribution in [-0.2, 0) is 0 Å². The van der Waals surface area contributed by atoms with Crippen LogP contribution in [0.1, 0.15) is 31.4 Å². The van der Waals surface area contributed by atoms with Crippen molar-refractivity contribution in [3.63, 3.8) is 0 Å². The number of aliphatic hydroxyl groups is 1. The van der Waals surface area contributed by atoms with E-state index in [0.717, 1.165) is 18.7 Å². The molecule has 1 aliphatic rings. The first kappa shape index (κ1) is 13.4. The van der Waals surface area contributed by atoms with Crippen LogP contribution in [0.3, 0.4) is 0 Å². The number of rotatable bonds is 3. The van der Waals surface area contributed by atoms with Gasteiger partial charge < -0.3 is 14.9 Å². The molecule has 0 bridgehead atoms. The van der Waals surface area contributed by atoms with Gasteiger partial charge in [0.1, 0.15) is 0 Å². The van der Waals surface area contributed by atoms with Crippen molar-refractivity contribution in [1.29, 1.82) is 0 Å². The van der Waals surface area contributed by atoms with Crippen LogP contribution in [0.15, 0.2) is 24.3 Å². The number of piperidine rings is 1. The van der Waals surface area contributed by atoms with Crippen molar-refractivity contribution in [3.8, 4) is 0 Å². The number of benzene rings is 1. The quantitative estimate of drug-likeness (QED) is 0.889. The summed E-state index contributed by atoms with van der Waals surface area (Å²) < 4.78 is 0. The average Bonchev–Trinajstić information content (AvgIpc) is 2.39. The van der Waals surface area contributed by atoms with Crippen molar-refractivity contribution in [2.75, 3.05) is 32.1 Å². The van der Waals surface area contributed by atoms with Gasteiger partial charge in [0.2, 0.25) is 0 Å². The first-order valence-corrected chi connectivity index (χ1v) is 6.78. The summed E-state index contributed by atoms with van der Waals surface area (Å²) >= 11 is 0. The maximum atomic E-state index is 9.86. The Hall–Kier alpha value is -1.06. The van der Waals surface area contributed by atoms with E-state index in [1.807, 2.05) is 25.1 Å². The number of anilines is 1. The lowest BCUT2D eigenvalue weighted by molar-refractivity contribution is 0.199. The molecule has 1 aliphatic heterocycles. The smallest absolute Gasteiger partial charge is 0.0781 e. The third-order valence-corrected chi connectivity index (χ3v) is 4.00. The van der Waals surface area contributed by atoms with E-state index >= 15 is 0 Å². The molecular weight excluding hydrogens is 224 g/mol. The minimum absolute atomic E-state index is 0.407. The highest BCUT2D eigenvalue weighted by Crippen LogP contribution is 2.28. The second kappa shape index (κ2) is 5.72. The Labute approximate surface area is 110 Å². The minimum atomic E-state index is -0.407. The van der Waals surface area contributed by atoms with Crippen molar-refractivity contribution in [1.82, 2.24) is 4.90 Å². The Morgan fingerprint density at radius 2 is 1.89 bits per heavy atom. The fourth-order valence-corrected chi connectivity index (χ4v) is 2.74. The van der Waals surface area contributed by atoms with E-state index in [1.165, 1.54) is 18.5 Å². The molecule has 18 heavy (non-hydrogen) atoms. The number of hydrogen-bond donors (Lipinski definition) is 1. The van der Waals surface area contributed by atoms with Gasteiger partial charge in [0.25, 0.3) is 0 Å². The normalized spacial score (nSPS) is 19.8. The highest BCUT2D eigenvalue weighted by molar-refractivity contribution is 5.54. The van der Waals surface area contributed by atoms with Crippen molar-refractivity contribution in [2.45, 2.75) is 31.9 Å². The van der Waals surface area contributed by atoms with Crippen molar-refractivity contribution < 1.29 is 5.11 Å². The first-order chi connectivity index (χ1) is 8.59. The summed E-state index contributed by atoms with van der Waals surface area (Å²) in [6.07, 6.45) is 1.98. The molecule has 2 rings (SSSR count). The molecule has 1 heterocycles. The number of hydrogen-bond acceptors (Lipinski definition) is 3. The van der Waals surface area contributed by atoms with Gasteiger partial charge in [-0.2, -0.15) is 0 Å². The largest absolute Gasteiger partial charge is 0.389 e. The Kier molecular flexibility index (Phi) is 4.25. The topological polar surface area (TPSA) is 26.7 Å². The van der Waals surface area contributed by atoms with E-state index in [0.29, 0.717) is 6.04 Å². The molecule has 1 fully saturated rings. The Morgan fingerprint density at radius 1 is 1.28 bits per heavy atom. The maximum absolute atomic E-state index is 9.86. The van der Waals surface area contributed by atoms with Gasteiger partial charge in [-0.05, 0) is 46.0 Å². The lowest BCUT2D eigenvalue weighted by Gasteiger charge is -2.37. The predicted octanol–water partition coefficient (Wildman–Crippen LogP) is 2.27. The fourth-order valence-electron chi connectivity index (χ4n) is 2.74. The maximum Gasteiger partial charge on any atom is 0.0781 e. The summed E-state index contributed by atoms with van der Waals surface area (Å²) in [5, 5.41) is 9.86. The number of aliphatic hydroxyl groups excluding tert-OH is 1. The summed E-state index contributed by atoms with van der Waals surface area (Å²) in [6, 6.07) is 8.76. The van der Waals surface area contributed by atoms with Crippen LogP contribution in [0.2, 0.25) is 0 Å². The van der Waals surface area contributed by atoms with Crippen LogP contribution in [0, 0.1) is 0 Å². The Balaban J connectivity index is 2.15. The molecule has 3 nitrogen and oxygen atoms in total. The molecule has 0 aromatic heterocycles. The third-order valence-electron chi connectivity index (χ3n) is 4.00. The van der Waals surface area contributed by atoms with E-state index in [2.05, 4.69) is 30.0 Å². The Bertz CT molecular complexity index is 384. The molecule has 1 aromatic rings. The molecule has 1 unspecified atom stereocenters. The van der Waals surface area contributed by atoms with Crippen LogP contribution < -0.4 is 4.90 Å². The van der Waals surface area contributed by atoms with Crippen molar-refractivity contribution in [2.24, 2.45) is 0 Å². The minimum Gasteiger partial charge on any atom is -0.389 e. The van der Waals surface area contributed by atoms with Crippen LogP contribution in [-0.4, -0.2) is 43.2 Å². The summed E-state index contributed by atoms with van der Waals surface area (Å²) in [7, 11) is 4.33. The highest BCUT2D eigenvalue weighted by Gasteiger charge is 2.22. The molecule has 1 atom stereocenters. The molecule has 3 heteroatoms. The summed E-state index contributed by atoms with van der Waals surface area (Å²) in [4.78, 5) is 4.72. The van der Waals surface area contributed by atoms with Gasteiger partial charge in [-0.15, -0.1) is 0 Å². The van der Waals surface area contributed by atoms with Gasteiger partial charge in [-0.25, -0.2) is 0 Å². The number of likely N-dealkylation sites (tertiary alicyclic amines) is 1. The average molecular weight is 248 g/mol. The standard InChI is InChI=1S/C15H24N2O/c1-12(18)14-6-4-5-7-15(14)17(3)13-8-10-16(2)11-9-13/h4-7,12-13,18H,8-11H2,1-3H3. The van der Waals surface area contributed by atoms with Crippen LogP contribution in [0.4, 0.5) is 5.69 Å². The zero-order valence-corrected chi connectivity index (χ0v) is 11.6. The van der Waals surface area contributed by atoms with Gasteiger partial charge in [-0.3, -0.25) is 0 Å². The van der Waals surface area contributed by atoms with E-state index in [9.17, 15) is 5.11 Å². The highest BCUT2D eigenvalue weighted by atomic mass is 16.3. The third kappa shape index (κ3) is 2.85. The summed E-state index contributed by atoms with van der Waals surface area (Å²) in [5.41, 5.74) is 2.20. The SMILES string of the molecule is CC(O)c1ccccc1N(C)C1CCN(C)CC1. The predicted molar refractivity (Wildman–Crippen MR) is 76.0 cm³/mol. The lowest BCUT2D eigenvalue weighted by Crippen LogP contribution is -2.42. The molecule has 0 spiro atoms. The molecular formula is C15H24N2O. The molecule has 0 saturated carbocycles. The van der Waals surface area contributed by atoms with Crippen LogP contribution in [0.5, 0.6) is 0 Å². The van der Waals surface area contributed by atoms with Gasteiger partial charge in [0.15, 0.2) is 0 Å². The van der Waals surface area contributed by atoms with Gasteiger partial charge in [0, 0.05) is 24.3 Å². The van der Waals surface area contributed by atoms with Crippen LogP contribution in [0.25, 0.3) is 0 Å². The molecule has 100 valence electrons. The van der Waals surface area contributed by atoms with E-state index in [-0.39, 0.29) is 0 Å². The zero-order chi connectivity index (χ0) is 13.1. The van der Waals surface area contributed by atoms with Crippen molar-refractivity contribution in [3.05, 3.63) is 29.8 Å². The first-order valence-electron chi connectivity index (χ1n) is 6.78. The summed E-state index contributed by atoms with van der Waals surface area (Å²) in [6.45, 7) is 4.15. The molecule has 0 amide bonds. The van der Waals surface area contributed by atoms with Gasteiger partial charge in [0.05, 0.1) is 6.10 Å². The number of para-hydroxylation sites is 1. The number of nitrogens with zero attached hydrogens (tertiary/aromatic N) is 2. The molecule has 1 aromatic carbocycles. The van der Waals surface area contributed by atoms with Crippen LogP contribution >= 0.6 is 0 Å². The lowest BCUT2D eigenvalue weighted by atomic mass is 10.0. The van der Waals surface area contributed by atoms with E-state index in [1.54, 1.807) is 0 Å². The molecule has 0 aliphatic carbocycles.